The number of nitrogens with two attached hydrogens (primary N) is 1. The summed E-state index contributed by atoms with van der Waals surface area (Å²) in [5, 5.41) is 8.10. The van der Waals surface area contributed by atoms with E-state index >= 15 is 0 Å². The third-order valence-electron chi connectivity index (χ3n) is 2.75. The molecule has 0 fully saturated rings. The summed E-state index contributed by atoms with van der Waals surface area (Å²) >= 11 is 7.09. The van der Waals surface area contributed by atoms with Crippen LogP contribution in [-0.4, -0.2) is 38.5 Å². The molecule has 0 spiro atoms. The van der Waals surface area contributed by atoms with E-state index in [0.717, 1.165) is 11.8 Å². The molecule has 2 rings (SSSR count). The van der Waals surface area contributed by atoms with Crippen LogP contribution in [0.5, 0.6) is 0 Å². The average molecular weight is 330 g/mol. The van der Waals surface area contributed by atoms with Gasteiger partial charge in [-0.25, -0.2) is 9.07 Å². The zero-order valence-corrected chi connectivity index (χ0v) is 12.7. The fourth-order valence-electron chi connectivity index (χ4n) is 1.58. The van der Waals surface area contributed by atoms with Gasteiger partial charge in [0.1, 0.15) is 12.1 Å². The number of aromatic nitrogens is 3. The molecule has 0 bridgehead atoms. The van der Waals surface area contributed by atoms with Gasteiger partial charge in [0.25, 0.3) is 0 Å². The molecule has 1 aromatic heterocycles. The van der Waals surface area contributed by atoms with E-state index in [2.05, 4.69) is 10.2 Å². The number of hydrogen-bond donors (Lipinski definition) is 1. The first kappa shape index (κ1) is 15.6. The summed E-state index contributed by atoms with van der Waals surface area (Å²) in [7, 11) is 1.58. The van der Waals surface area contributed by atoms with Crippen LogP contribution in [0.2, 0.25) is 5.02 Å². The SMILES string of the molecule is CN(Cc1c(F)cccc1Cl)C(=O)CSc1nncn1N. The molecule has 2 N–H and O–H groups in total. The molecule has 1 heterocycles. The predicted molar refractivity (Wildman–Crippen MR) is 78.8 cm³/mol. The lowest BCUT2D eigenvalue weighted by molar-refractivity contribution is -0.127. The second kappa shape index (κ2) is 6.77. The average Bonchev–Trinajstić information content (AvgIpc) is 2.85. The molecule has 1 amide bonds. The molecule has 1 aromatic carbocycles. The quantitative estimate of drug-likeness (QED) is 0.665. The number of halogens is 2. The van der Waals surface area contributed by atoms with E-state index in [1.165, 1.54) is 28.0 Å². The molecule has 112 valence electrons. The van der Waals surface area contributed by atoms with Crippen LogP contribution in [0.3, 0.4) is 0 Å². The highest BCUT2D eigenvalue weighted by molar-refractivity contribution is 7.99. The number of benzene rings is 1. The summed E-state index contributed by atoms with van der Waals surface area (Å²) in [5.41, 5.74) is 0.294. The highest BCUT2D eigenvalue weighted by Gasteiger charge is 2.15. The zero-order chi connectivity index (χ0) is 15.4. The third-order valence-corrected chi connectivity index (χ3v) is 4.04. The first-order valence-electron chi connectivity index (χ1n) is 5.93. The smallest absolute Gasteiger partial charge is 0.233 e. The minimum Gasteiger partial charge on any atom is -0.341 e. The summed E-state index contributed by atoms with van der Waals surface area (Å²) in [4.78, 5) is 13.4. The molecule has 0 saturated carbocycles. The Kier molecular flexibility index (Phi) is 5.03. The number of carbonyl (C=O) groups is 1. The number of amides is 1. The van der Waals surface area contributed by atoms with Gasteiger partial charge in [0.2, 0.25) is 11.1 Å². The van der Waals surface area contributed by atoms with Gasteiger partial charge in [-0.3, -0.25) is 4.79 Å². The van der Waals surface area contributed by atoms with E-state index in [1.807, 2.05) is 0 Å². The molecule has 0 aliphatic carbocycles. The molecule has 2 aromatic rings. The molecule has 0 radical (unpaired) electrons. The van der Waals surface area contributed by atoms with Crippen molar-refractivity contribution >= 4 is 29.3 Å². The second-order valence-corrected chi connectivity index (χ2v) is 5.61. The van der Waals surface area contributed by atoms with E-state index in [1.54, 1.807) is 13.1 Å². The maximum Gasteiger partial charge on any atom is 0.233 e. The molecule has 21 heavy (non-hydrogen) atoms. The molecule has 0 aliphatic rings. The standard InChI is InChI=1S/C12H13ClFN5OS/c1-18(5-8-9(13)3-2-4-10(8)14)11(20)6-21-12-17-16-7-19(12)15/h2-4,7H,5-6,15H2,1H3. The lowest BCUT2D eigenvalue weighted by Gasteiger charge is -2.18. The second-order valence-electron chi connectivity index (χ2n) is 4.26. The first-order chi connectivity index (χ1) is 9.99. The van der Waals surface area contributed by atoms with E-state index in [-0.39, 0.29) is 18.2 Å². The van der Waals surface area contributed by atoms with Crippen molar-refractivity contribution in [3.05, 3.63) is 40.9 Å². The Morgan fingerprint density at radius 2 is 2.33 bits per heavy atom. The third kappa shape index (κ3) is 3.85. The van der Waals surface area contributed by atoms with Crippen LogP contribution in [0.25, 0.3) is 0 Å². The molecule has 9 heteroatoms. The van der Waals surface area contributed by atoms with E-state index < -0.39 is 5.82 Å². The van der Waals surface area contributed by atoms with Gasteiger partial charge in [-0.15, -0.1) is 10.2 Å². The van der Waals surface area contributed by atoms with Crippen molar-refractivity contribution in [3.63, 3.8) is 0 Å². The normalized spacial score (nSPS) is 10.6. The van der Waals surface area contributed by atoms with Crippen LogP contribution in [0.15, 0.2) is 29.7 Å². The van der Waals surface area contributed by atoms with E-state index in [4.69, 9.17) is 17.4 Å². The zero-order valence-electron chi connectivity index (χ0n) is 11.2. The van der Waals surface area contributed by atoms with Crippen molar-refractivity contribution in [1.82, 2.24) is 19.8 Å². The molecular weight excluding hydrogens is 317 g/mol. The number of rotatable bonds is 5. The molecule has 0 unspecified atom stereocenters. The molecular formula is C12H13ClFN5OS. The summed E-state index contributed by atoms with van der Waals surface area (Å²) in [6, 6.07) is 4.42. The van der Waals surface area contributed by atoms with Crippen LogP contribution in [-0.2, 0) is 11.3 Å². The van der Waals surface area contributed by atoms with Crippen molar-refractivity contribution in [2.75, 3.05) is 18.6 Å². The van der Waals surface area contributed by atoms with Crippen molar-refractivity contribution in [1.29, 1.82) is 0 Å². The van der Waals surface area contributed by atoms with Gasteiger partial charge in [-0.05, 0) is 12.1 Å². The largest absolute Gasteiger partial charge is 0.341 e. The Morgan fingerprint density at radius 1 is 1.57 bits per heavy atom. The van der Waals surface area contributed by atoms with Crippen molar-refractivity contribution in [2.45, 2.75) is 11.7 Å². The monoisotopic (exact) mass is 329 g/mol. The van der Waals surface area contributed by atoms with Crippen molar-refractivity contribution < 1.29 is 9.18 Å². The number of hydrogen-bond acceptors (Lipinski definition) is 5. The van der Waals surface area contributed by atoms with Gasteiger partial charge in [-0.2, -0.15) is 0 Å². The lowest BCUT2D eigenvalue weighted by atomic mass is 10.2. The summed E-state index contributed by atoms with van der Waals surface area (Å²) in [6.45, 7) is 0.0974. The maximum absolute atomic E-state index is 13.7. The van der Waals surface area contributed by atoms with Crippen LogP contribution in [0.4, 0.5) is 4.39 Å². The van der Waals surface area contributed by atoms with E-state index in [9.17, 15) is 9.18 Å². The highest BCUT2D eigenvalue weighted by atomic mass is 35.5. The first-order valence-corrected chi connectivity index (χ1v) is 7.30. The number of nitrogen functional groups attached to an aromatic ring is 1. The molecule has 0 saturated heterocycles. The van der Waals surface area contributed by atoms with Gasteiger partial charge >= 0.3 is 0 Å². The number of thioether (sulfide) groups is 1. The van der Waals surface area contributed by atoms with Gasteiger partial charge in [0.15, 0.2) is 0 Å². The molecule has 0 aliphatic heterocycles. The summed E-state index contributed by atoms with van der Waals surface area (Å²) in [6.07, 6.45) is 1.34. The summed E-state index contributed by atoms with van der Waals surface area (Å²) < 4.78 is 14.9. The maximum atomic E-state index is 13.7. The highest BCUT2D eigenvalue weighted by Crippen LogP contribution is 2.21. The number of carbonyl (C=O) groups excluding carboxylic acids is 1. The topological polar surface area (TPSA) is 77.0 Å². The fraction of sp³-hybridized carbons (Fsp3) is 0.250. The van der Waals surface area contributed by atoms with Crippen LogP contribution < -0.4 is 5.84 Å². The van der Waals surface area contributed by atoms with Gasteiger partial charge in [0.05, 0.1) is 5.75 Å². The van der Waals surface area contributed by atoms with Crippen molar-refractivity contribution in [3.8, 4) is 0 Å². The van der Waals surface area contributed by atoms with Crippen LogP contribution in [0.1, 0.15) is 5.56 Å². The lowest BCUT2D eigenvalue weighted by Crippen LogP contribution is -2.28. The fourth-order valence-corrected chi connectivity index (χ4v) is 2.58. The minimum atomic E-state index is -0.434. The Labute approximate surface area is 130 Å². The van der Waals surface area contributed by atoms with Crippen molar-refractivity contribution in [2.24, 2.45) is 0 Å². The Balaban J connectivity index is 1.95. The summed E-state index contributed by atoms with van der Waals surface area (Å²) in [5.74, 6) is 5.04. The molecule has 0 atom stereocenters. The van der Waals surface area contributed by atoms with Crippen LogP contribution >= 0.6 is 23.4 Å². The van der Waals surface area contributed by atoms with Gasteiger partial charge < -0.3 is 10.7 Å². The van der Waals surface area contributed by atoms with Gasteiger partial charge in [-0.1, -0.05) is 29.4 Å². The predicted octanol–water partition coefficient (Wildman–Crippen LogP) is 1.54. The Morgan fingerprint density at radius 3 is 2.95 bits per heavy atom. The van der Waals surface area contributed by atoms with E-state index in [0.29, 0.717) is 15.7 Å². The Hall–Kier alpha value is -1.80. The Bertz CT molecular complexity index is 630. The molecule has 6 nitrogen and oxygen atoms in total. The minimum absolute atomic E-state index is 0.0974. The number of nitrogens with zero attached hydrogens (tertiary/aromatic N) is 4. The van der Waals surface area contributed by atoms with Gasteiger partial charge in [0, 0.05) is 24.2 Å². The van der Waals surface area contributed by atoms with Crippen LogP contribution in [0, 0.1) is 5.82 Å².